The van der Waals surface area contributed by atoms with Gasteiger partial charge in [0.2, 0.25) is 5.95 Å². The lowest BCUT2D eigenvalue weighted by Gasteiger charge is -2.20. The zero-order chi connectivity index (χ0) is 19.7. The molecule has 4 atom stereocenters. The number of hydrogen-bond acceptors (Lipinski definition) is 8. The van der Waals surface area contributed by atoms with Crippen LogP contribution in [0.4, 0.5) is 10.3 Å². The monoisotopic (exact) mass is 403 g/mol. The van der Waals surface area contributed by atoms with Crippen LogP contribution in [0.5, 0.6) is 0 Å². The fraction of sp³-hybridized carbons (Fsp3) is 0.421. The van der Waals surface area contributed by atoms with Crippen LogP contribution in [0.15, 0.2) is 29.9 Å². The van der Waals surface area contributed by atoms with E-state index in [1.807, 2.05) is 18.4 Å². The van der Waals surface area contributed by atoms with E-state index in [0.29, 0.717) is 23.6 Å². The van der Waals surface area contributed by atoms with Crippen LogP contribution in [0, 0.1) is 5.82 Å². The van der Waals surface area contributed by atoms with Crippen LogP contribution in [-0.2, 0) is 0 Å². The minimum absolute atomic E-state index is 0.0451. The average Bonchev–Trinajstić information content (AvgIpc) is 3.29. The van der Waals surface area contributed by atoms with Crippen molar-refractivity contribution in [2.75, 3.05) is 5.32 Å². The van der Waals surface area contributed by atoms with Crippen LogP contribution in [0.2, 0.25) is 0 Å². The van der Waals surface area contributed by atoms with Crippen molar-refractivity contribution in [3.8, 4) is 0 Å². The first kappa shape index (κ1) is 19.1. The summed E-state index contributed by atoms with van der Waals surface area (Å²) in [6.45, 7) is 1.87. The van der Waals surface area contributed by atoms with E-state index in [1.165, 1.54) is 17.4 Å². The van der Waals surface area contributed by atoms with Crippen molar-refractivity contribution in [1.29, 1.82) is 0 Å². The minimum Gasteiger partial charge on any atom is -0.393 e. The summed E-state index contributed by atoms with van der Waals surface area (Å²) in [5.41, 5.74) is 1.90. The van der Waals surface area contributed by atoms with E-state index in [0.717, 1.165) is 29.3 Å². The van der Waals surface area contributed by atoms with E-state index < -0.39 is 12.0 Å². The maximum atomic E-state index is 13.4. The third-order valence-electron chi connectivity index (χ3n) is 4.96. The van der Waals surface area contributed by atoms with Gasteiger partial charge in [-0.25, -0.2) is 14.4 Å². The van der Waals surface area contributed by atoms with E-state index in [1.54, 1.807) is 6.20 Å². The van der Waals surface area contributed by atoms with E-state index in [2.05, 4.69) is 25.6 Å². The summed E-state index contributed by atoms with van der Waals surface area (Å²) in [5.74, 6) is -0.0515. The molecular formula is C19H22FN5O2S. The Bertz CT molecular complexity index is 968. The van der Waals surface area contributed by atoms with Crippen LogP contribution in [0.25, 0.3) is 10.2 Å². The number of pyridine rings is 1. The maximum Gasteiger partial charge on any atom is 0.224 e. The van der Waals surface area contributed by atoms with Crippen molar-refractivity contribution in [1.82, 2.24) is 20.3 Å². The lowest BCUT2D eigenvalue weighted by atomic mass is 10.1. The molecular weight excluding hydrogens is 381 g/mol. The molecule has 9 heteroatoms. The number of rotatable bonds is 6. The number of aliphatic hydroxyl groups is 2. The molecule has 0 spiro atoms. The van der Waals surface area contributed by atoms with Gasteiger partial charge >= 0.3 is 0 Å². The molecule has 148 valence electrons. The van der Waals surface area contributed by atoms with Gasteiger partial charge in [0, 0.05) is 12.2 Å². The van der Waals surface area contributed by atoms with Crippen LogP contribution in [0.1, 0.15) is 49.7 Å². The normalized spacial score (nSPS) is 21.7. The Morgan fingerprint density at radius 2 is 2.14 bits per heavy atom. The van der Waals surface area contributed by atoms with Crippen molar-refractivity contribution >= 4 is 27.5 Å². The molecule has 0 saturated heterocycles. The van der Waals surface area contributed by atoms with Crippen molar-refractivity contribution in [2.45, 2.75) is 50.6 Å². The molecule has 0 radical (unpaired) electrons. The third-order valence-corrected chi connectivity index (χ3v) is 5.89. The lowest BCUT2D eigenvalue weighted by molar-refractivity contribution is 0.115. The standard InChI is InChI=1S/C19H22FN5O2S/c1-10(11-6-12(20)9-21-8-11)22-19-24-15-4-5-28-17(15)16(25-19)18(27)23-13-2-3-14(26)7-13/h4-6,8-10,13-14,18,23,26-27H,2-3,7H2,1H3,(H,22,24,25)/t10?,13-,14-,18?/m1/s1. The second-order valence-electron chi connectivity index (χ2n) is 7.10. The Morgan fingerprint density at radius 1 is 1.29 bits per heavy atom. The molecule has 3 aromatic heterocycles. The molecule has 4 rings (SSSR count). The van der Waals surface area contributed by atoms with Crippen molar-refractivity contribution < 1.29 is 14.6 Å². The molecule has 0 aromatic carbocycles. The van der Waals surface area contributed by atoms with Gasteiger partial charge in [-0.05, 0) is 49.3 Å². The van der Waals surface area contributed by atoms with Gasteiger partial charge in [0.25, 0.3) is 0 Å². The highest BCUT2D eigenvalue weighted by atomic mass is 32.1. The number of thiophene rings is 1. The third kappa shape index (κ3) is 4.12. The number of aliphatic hydroxyl groups excluding tert-OH is 2. The summed E-state index contributed by atoms with van der Waals surface area (Å²) in [4.78, 5) is 12.9. The van der Waals surface area contributed by atoms with E-state index >= 15 is 0 Å². The van der Waals surface area contributed by atoms with Crippen LogP contribution in [-0.4, -0.2) is 37.3 Å². The maximum absolute atomic E-state index is 13.4. The number of aromatic nitrogens is 3. The lowest BCUT2D eigenvalue weighted by Crippen LogP contribution is -2.32. The Kier molecular flexibility index (Phi) is 5.49. The molecule has 0 aliphatic heterocycles. The molecule has 7 nitrogen and oxygen atoms in total. The number of hydrogen-bond donors (Lipinski definition) is 4. The van der Waals surface area contributed by atoms with Gasteiger partial charge in [-0.2, -0.15) is 0 Å². The number of anilines is 1. The van der Waals surface area contributed by atoms with Crippen LogP contribution < -0.4 is 10.6 Å². The van der Waals surface area contributed by atoms with Gasteiger partial charge in [-0.1, -0.05) is 0 Å². The molecule has 2 unspecified atom stereocenters. The fourth-order valence-electron chi connectivity index (χ4n) is 3.49. The Hall–Kier alpha value is -2.20. The predicted molar refractivity (Wildman–Crippen MR) is 105 cm³/mol. The van der Waals surface area contributed by atoms with Gasteiger partial charge < -0.3 is 15.5 Å². The fourth-order valence-corrected chi connectivity index (χ4v) is 4.33. The molecule has 0 bridgehead atoms. The first-order valence-electron chi connectivity index (χ1n) is 9.24. The number of nitrogens with zero attached hydrogens (tertiary/aromatic N) is 3. The first-order chi connectivity index (χ1) is 13.5. The van der Waals surface area contributed by atoms with E-state index in [9.17, 15) is 14.6 Å². The van der Waals surface area contributed by atoms with Crippen molar-refractivity contribution in [2.24, 2.45) is 0 Å². The summed E-state index contributed by atoms with van der Waals surface area (Å²) in [5, 5.41) is 28.7. The van der Waals surface area contributed by atoms with Crippen LogP contribution >= 0.6 is 11.3 Å². The zero-order valence-corrected chi connectivity index (χ0v) is 16.2. The molecule has 1 aliphatic carbocycles. The zero-order valence-electron chi connectivity index (χ0n) is 15.3. The van der Waals surface area contributed by atoms with E-state index in [4.69, 9.17) is 0 Å². The van der Waals surface area contributed by atoms with Gasteiger partial charge in [-0.15, -0.1) is 11.3 Å². The molecule has 4 N–H and O–H groups in total. The average molecular weight is 403 g/mol. The number of fused-ring (bicyclic) bond motifs is 1. The summed E-state index contributed by atoms with van der Waals surface area (Å²) in [6.07, 6.45) is 3.61. The van der Waals surface area contributed by atoms with Gasteiger partial charge in [0.1, 0.15) is 17.7 Å². The first-order valence-corrected chi connectivity index (χ1v) is 10.1. The number of halogens is 1. The Labute approximate surface area is 165 Å². The summed E-state index contributed by atoms with van der Waals surface area (Å²) in [7, 11) is 0. The molecule has 28 heavy (non-hydrogen) atoms. The summed E-state index contributed by atoms with van der Waals surface area (Å²) < 4.78 is 14.3. The molecule has 1 fully saturated rings. The molecule has 0 amide bonds. The summed E-state index contributed by atoms with van der Waals surface area (Å²) >= 11 is 1.46. The second kappa shape index (κ2) is 8.04. The predicted octanol–water partition coefficient (Wildman–Crippen LogP) is 2.89. The smallest absolute Gasteiger partial charge is 0.224 e. The van der Waals surface area contributed by atoms with Crippen LogP contribution in [0.3, 0.4) is 0 Å². The van der Waals surface area contributed by atoms with Crippen molar-refractivity contribution in [3.05, 3.63) is 47.0 Å². The molecule has 1 saturated carbocycles. The SMILES string of the molecule is CC(Nc1nc(C(O)N[C@@H]2CC[C@@H](O)C2)c2sccc2n1)c1cncc(F)c1. The molecule has 1 aliphatic rings. The summed E-state index contributed by atoms with van der Waals surface area (Å²) in [6, 6.07) is 3.07. The van der Waals surface area contributed by atoms with Gasteiger partial charge in [0.15, 0.2) is 0 Å². The van der Waals surface area contributed by atoms with Crippen molar-refractivity contribution in [3.63, 3.8) is 0 Å². The molecule has 3 heterocycles. The highest BCUT2D eigenvalue weighted by molar-refractivity contribution is 7.17. The minimum atomic E-state index is -0.967. The highest BCUT2D eigenvalue weighted by Gasteiger charge is 2.26. The van der Waals surface area contributed by atoms with Gasteiger partial charge in [-0.3, -0.25) is 10.3 Å². The topological polar surface area (TPSA) is 103 Å². The Morgan fingerprint density at radius 3 is 2.89 bits per heavy atom. The highest BCUT2D eigenvalue weighted by Crippen LogP contribution is 2.29. The quantitative estimate of drug-likeness (QED) is 0.469. The Balaban J connectivity index is 1.58. The largest absolute Gasteiger partial charge is 0.393 e. The molecule has 3 aromatic rings. The van der Waals surface area contributed by atoms with E-state index in [-0.39, 0.29) is 18.2 Å². The second-order valence-corrected chi connectivity index (χ2v) is 8.02. The van der Waals surface area contributed by atoms with Gasteiger partial charge in [0.05, 0.1) is 28.6 Å². The number of nitrogens with one attached hydrogen (secondary N) is 2.